The van der Waals surface area contributed by atoms with Crippen molar-refractivity contribution in [2.75, 3.05) is 18.0 Å². The molecule has 5 nitrogen and oxygen atoms in total. The third-order valence-electron chi connectivity index (χ3n) is 3.40. The lowest BCUT2D eigenvalue weighted by atomic mass is 9.91. The summed E-state index contributed by atoms with van der Waals surface area (Å²) in [5, 5.41) is 6.33. The molecule has 1 unspecified atom stereocenters. The number of aromatic nitrogens is 2. The quantitative estimate of drug-likeness (QED) is 0.827. The summed E-state index contributed by atoms with van der Waals surface area (Å²) >= 11 is 5.98. The molecule has 0 spiro atoms. The first-order valence-electron chi connectivity index (χ1n) is 5.83. The molecule has 0 radical (unpaired) electrons. The Balaban J connectivity index is 2.11. The molecule has 1 fully saturated rings. The molecule has 1 aliphatic heterocycles. The van der Waals surface area contributed by atoms with Crippen molar-refractivity contribution in [1.82, 2.24) is 10.2 Å². The molecule has 2 heterocycles. The lowest BCUT2D eigenvalue weighted by molar-refractivity contribution is 0.354. The molecule has 0 saturated carbocycles. The normalized spacial score (nSPS) is 19.4. The fourth-order valence-corrected chi connectivity index (χ4v) is 2.47. The molecule has 1 aromatic heterocycles. The van der Waals surface area contributed by atoms with E-state index >= 15 is 0 Å². The molecule has 0 aliphatic carbocycles. The number of H-pyrrole nitrogens is 1. The Morgan fingerprint density at radius 2 is 2.24 bits per heavy atom. The molecule has 0 amide bonds. The number of rotatable bonds is 2. The van der Waals surface area contributed by atoms with Crippen LogP contribution < -0.4 is 16.2 Å². The van der Waals surface area contributed by atoms with E-state index in [1.807, 2.05) is 6.92 Å². The minimum Gasteiger partial charge on any atom is -0.369 e. The van der Waals surface area contributed by atoms with Crippen LogP contribution in [0, 0.1) is 5.92 Å². The average Bonchev–Trinajstić information content (AvgIpc) is 2.33. The van der Waals surface area contributed by atoms with E-state index in [1.165, 1.54) is 0 Å². The highest BCUT2D eigenvalue weighted by atomic mass is 35.5. The Labute approximate surface area is 105 Å². The fourth-order valence-electron chi connectivity index (χ4n) is 2.26. The molecule has 2 rings (SSSR count). The maximum absolute atomic E-state index is 11.4. The first-order valence-corrected chi connectivity index (χ1v) is 6.21. The molecule has 1 aromatic rings. The number of anilines is 1. The van der Waals surface area contributed by atoms with Gasteiger partial charge in [0.15, 0.2) is 0 Å². The van der Waals surface area contributed by atoms with Crippen molar-refractivity contribution < 1.29 is 0 Å². The van der Waals surface area contributed by atoms with Gasteiger partial charge in [0.2, 0.25) is 0 Å². The topological polar surface area (TPSA) is 75.0 Å². The number of halogens is 1. The molecule has 1 aliphatic rings. The second-order valence-corrected chi connectivity index (χ2v) is 4.96. The van der Waals surface area contributed by atoms with E-state index in [0.717, 1.165) is 31.6 Å². The maximum Gasteiger partial charge on any atom is 0.285 e. The standard InChI is InChI=1S/C11H17ClN4O/c1-7(13)8-2-4-16(5-3-8)9-6-14-15-11(17)10(9)12/h6-8H,2-5,13H2,1H3,(H,15,17). The highest BCUT2D eigenvalue weighted by molar-refractivity contribution is 6.32. The molecule has 94 valence electrons. The van der Waals surface area contributed by atoms with Crippen LogP contribution >= 0.6 is 11.6 Å². The number of nitrogens with two attached hydrogens (primary N) is 1. The summed E-state index contributed by atoms with van der Waals surface area (Å²) in [5.41, 5.74) is 6.28. The maximum atomic E-state index is 11.4. The number of hydrogen-bond acceptors (Lipinski definition) is 4. The van der Waals surface area contributed by atoms with E-state index in [2.05, 4.69) is 15.1 Å². The minimum absolute atomic E-state index is 0.222. The van der Waals surface area contributed by atoms with Gasteiger partial charge in [-0.2, -0.15) is 5.10 Å². The van der Waals surface area contributed by atoms with Crippen LogP contribution in [0.15, 0.2) is 11.0 Å². The van der Waals surface area contributed by atoms with E-state index < -0.39 is 0 Å². The van der Waals surface area contributed by atoms with Crippen LogP contribution in [0.5, 0.6) is 0 Å². The van der Waals surface area contributed by atoms with E-state index in [1.54, 1.807) is 6.20 Å². The molecule has 3 N–H and O–H groups in total. The van der Waals surface area contributed by atoms with Gasteiger partial charge in [-0.25, -0.2) is 5.10 Å². The van der Waals surface area contributed by atoms with Gasteiger partial charge >= 0.3 is 0 Å². The Hall–Kier alpha value is -1.07. The summed E-state index contributed by atoms with van der Waals surface area (Å²) in [7, 11) is 0. The van der Waals surface area contributed by atoms with Gasteiger partial charge in [-0.1, -0.05) is 11.6 Å². The fraction of sp³-hybridized carbons (Fsp3) is 0.636. The SMILES string of the molecule is CC(N)C1CCN(c2cn[nH]c(=O)c2Cl)CC1. The van der Waals surface area contributed by atoms with Crippen LogP contribution in [0.3, 0.4) is 0 Å². The van der Waals surface area contributed by atoms with Crippen LogP contribution in [-0.4, -0.2) is 29.3 Å². The van der Waals surface area contributed by atoms with Gasteiger partial charge in [0, 0.05) is 19.1 Å². The second kappa shape index (κ2) is 5.06. The highest BCUT2D eigenvalue weighted by Crippen LogP contribution is 2.27. The van der Waals surface area contributed by atoms with E-state index in [9.17, 15) is 4.79 Å². The van der Waals surface area contributed by atoms with Crippen molar-refractivity contribution in [2.45, 2.75) is 25.8 Å². The van der Waals surface area contributed by atoms with Crippen molar-refractivity contribution in [3.05, 3.63) is 21.6 Å². The van der Waals surface area contributed by atoms with Crippen LogP contribution in [0.4, 0.5) is 5.69 Å². The Bertz CT molecular complexity index is 437. The molecule has 1 saturated heterocycles. The number of nitrogens with one attached hydrogen (secondary N) is 1. The van der Waals surface area contributed by atoms with Crippen molar-refractivity contribution >= 4 is 17.3 Å². The number of hydrogen-bond donors (Lipinski definition) is 2. The largest absolute Gasteiger partial charge is 0.369 e. The van der Waals surface area contributed by atoms with Gasteiger partial charge in [0.1, 0.15) is 5.02 Å². The van der Waals surface area contributed by atoms with Gasteiger partial charge in [-0.05, 0) is 25.7 Å². The predicted molar refractivity (Wildman–Crippen MR) is 68.5 cm³/mol. The van der Waals surface area contributed by atoms with Gasteiger partial charge in [-0.15, -0.1) is 0 Å². The summed E-state index contributed by atoms with van der Waals surface area (Å²) < 4.78 is 0. The summed E-state index contributed by atoms with van der Waals surface area (Å²) in [6, 6.07) is 0.227. The lowest BCUT2D eigenvalue weighted by Crippen LogP contribution is -2.40. The van der Waals surface area contributed by atoms with Crippen molar-refractivity contribution in [2.24, 2.45) is 11.7 Å². The Kier molecular flexibility index (Phi) is 3.69. The summed E-state index contributed by atoms with van der Waals surface area (Å²) in [4.78, 5) is 13.5. The molecular formula is C11H17ClN4O. The number of nitrogens with zero attached hydrogens (tertiary/aromatic N) is 2. The number of piperidine rings is 1. The number of aromatic amines is 1. The third-order valence-corrected chi connectivity index (χ3v) is 3.77. The lowest BCUT2D eigenvalue weighted by Gasteiger charge is -2.35. The third kappa shape index (κ3) is 2.61. The Morgan fingerprint density at radius 1 is 1.59 bits per heavy atom. The van der Waals surface area contributed by atoms with Crippen molar-refractivity contribution in [3.63, 3.8) is 0 Å². The zero-order valence-electron chi connectivity index (χ0n) is 9.82. The zero-order chi connectivity index (χ0) is 12.4. The van der Waals surface area contributed by atoms with Gasteiger partial charge < -0.3 is 10.6 Å². The van der Waals surface area contributed by atoms with E-state index in [4.69, 9.17) is 17.3 Å². The van der Waals surface area contributed by atoms with Crippen molar-refractivity contribution in [1.29, 1.82) is 0 Å². The molecular weight excluding hydrogens is 240 g/mol. The average molecular weight is 257 g/mol. The summed E-state index contributed by atoms with van der Waals surface area (Å²) in [6.07, 6.45) is 3.66. The van der Waals surface area contributed by atoms with Gasteiger partial charge in [0.25, 0.3) is 5.56 Å². The van der Waals surface area contributed by atoms with Crippen LogP contribution in [0.1, 0.15) is 19.8 Å². The van der Waals surface area contributed by atoms with Crippen LogP contribution in [0.25, 0.3) is 0 Å². The molecule has 0 aromatic carbocycles. The molecule has 17 heavy (non-hydrogen) atoms. The summed E-state index contributed by atoms with van der Waals surface area (Å²) in [5.74, 6) is 0.556. The predicted octanol–water partition coefficient (Wildman–Crippen LogP) is 0.987. The molecule has 0 bridgehead atoms. The highest BCUT2D eigenvalue weighted by Gasteiger charge is 2.23. The molecule has 6 heteroatoms. The van der Waals surface area contributed by atoms with Gasteiger partial charge in [-0.3, -0.25) is 4.79 Å². The van der Waals surface area contributed by atoms with Gasteiger partial charge in [0.05, 0.1) is 11.9 Å². The zero-order valence-corrected chi connectivity index (χ0v) is 10.6. The van der Waals surface area contributed by atoms with E-state index in [0.29, 0.717) is 5.92 Å². The smallest absolute Gasteiger partial charge is 0.285 e. The van der Waals surface area contributed by atoms with Crippen LogP contribution in [0.2, 0.25) is 5.02 Å². The minimum atomic E-state index is -0.335. The molecule has 1 atom stereocenters. The van der Waals surface area contributed by atoms with Crippen molar-refractivity contribution in [3.8, 4) is 0 Å². The first kappa shape index (κ1) is 12.4. The van der Waals surface area contributed by atoms with E-state index in [-0.39, 0.29) is 16.6 Å². The monoisotopic (exact) mass is 256 g/mol. The summed E-state index contributed by atoms with van der Waals surface area (Å²) in [6.45, 7) is 3.79. The second-order valence-electron chi connectivity index (χ2n) is 4.58. The Morgan fingerprint density at radius 3 is 2.82 bits per heavy atom. The van der Waals surface area contributed by atoms with Crippen LogP contribution in [-0.2, 0) is 0 Å². The first-order chi connectivity index (χ1) is 8.09.